The second-order valence-corrected chi connectivity index (χ2v) is 9.17. The van der Waals surface area contributed by atoms with Crippen LogP contribution in [0.5, 0.6) is 17.2 Å². The van der Waals surface area contributed by atoms with E-state index in [-0.39, 0.29) is 18.8 Å². The number of carbonyl (C=O) groups is 1. The minimum Gasteiger partial charge on any atom is -0.496 e. The second kappa shape index (κ2) is 12.2. The molecule has 0 spiro atoms. The molecule has 4 rings (SSSR count). The molecular weight excluding hydrogens is 496 g/mol. The van der Waals surface area contributed by atoms with Gasteiger partial charge in [-0.2, -0.15) is 5.10 Å². The number of ether oxygens (including phenoxy) is 4. The van der Waals surface area contributed by atoms with Crippen molar-refractivity contribution < 1.29 is 28.8 Å². The summed E-state index contributed by atoms with van der Waals surface area (Å²) < 4.78 is 24.1. The van der Waals surface area contributed by atoms with Crippen LogP contribution in [0, 0.1) is 0 Å². The summed E-state index contributed by atoms with van der Waals surface area (Å²) in [5.41, 5.74) is 4.16. The fraction of sp³-hybridized carbons (Fsp3) is 0.357. The first-order chi connectivity index (χ1) is 17.9. The van der Waals surface area contributed by atoms with Crippen molar-refractivity contribution in [3.8, 4) is 28.5 Å². The van der Waals surface area contributed by atoms with Crippen LogP contribution in [-0.2, 0) is 28.9 Å². The van der Waals surface area contributed by atoms with Crippen molar-refractivity contribution in [2.75, 3.05) is 27.6 Å². The highest BCUT2D eigenvalue weighted by atomic mass is 35.5. The maximum Gasteiger partial charge on any atom is 0.331 e. The third kappa shape index (κ3) is 6.09. The quantitative estimate of drug-likeness (QED) is 0.241. The minimum absolute atomic E-state index is 0.0438. The second-order valence-electron chi connectivity index (χ2n) is 8.74. The van der Waals surface area contributed by atoms with Crippen LogP contribution in [0.3, 0.4) is 0 Å². The molecule has 0 fully saturated rings. The van der Waals surface area contributed by atoms with Crippen LogP contribution >= 0.6 is 11.6 Å². The Morgan fingerprint density at radius 3 is 2.81 bits per heavy atom. The van der Waals surface area contributed by atoms with Crippen molar-refractivity contribution in [2.45, 2.75) is 39.2 Å². The zero-order valence-electron chi connectivity index (χ0n) is 21.3. The number of fused-ring (bicyclic) bond motifs is 1. The largest absolute Gasteiger partial charge is 0.496 e. The van der Waals surface area contributed by atoms with Gasteiger partial charge in [-0.3, -0.25) is 4.68 Å². The normalized spacial score (nSPS) is 12.8. The van der Waals surface area contributed by atoms with Gasteiger partial charge in [-0.15, -0.1) is 0 Å². The summed E-state index contributed by atoms with van der Waals surface area (Å²) in [4.78, 5) is 12.4. The molecule has 1 aliphatic heterocycles. The lowest BCUT2D eigenvalue weighted by Gasteiger charge is -2.15. The third-order valence-electron chi connectivity index (χ3n) is 6.20. The molecule has 0 bridgehead atoms. The van der Waals surface area contributed by atoms with E-state index in [1.165, 1.54) is 0 Å². The summed E-state index contributed by atoms with van der Waals surface area (Å²) in [5.74, 6) is 0.914. The molecule has 0 saturated heterocycles. The van der Waals surface area contributed by atoms with Crippen LogP contribution in [0.15, 0.2) is 42.1 Å². The standard InChI is InChI=1S/C28H31ClN2O6/c1-4-5-9-31-27(23-7-6-22(29)15-26(23)37-17-34-2)21(16-30-31)12-20(28(32)33)11-19-14-25-18(8-10-36-25)13-24(19)35-3/h6-7,12-16H,4-5,8-11,17H2,1-3H3,(H,32,33)/b20-12+. The Morgan fingerprint density at radius 2 is 2.08 bits per heavy atom. The Balaban J connectivity index is 1.80. The van der Waals surface area contributed by atoms with Crippen molar-refractivity contribution in [2.24, 2.45) is 0 Å². The van der Waals surface area contributed by atoms with Crippen molar-refractivity contribution in [1.82, 2.24) is 9.78 Å². The van der Waals surface area contributed by atoms with Gasteiger partial charge in [0.2, 0.25) is 0 Å². The van der Waals surface area contributed by atoms with Gasteiger partial charge in [0.25, 0.3) is 0 Å². The number of aromatic nitrogens is 2. The van der Waals surface area contributed by atoms with Gasteiger partial charge in [-0.05, 0) is 42.8 Å². The lowest BCUT2D eigenvalue weighted by Crippen LogP contribution is -2.07. The fourth-order valence-corrected chi connectivity index (χ4v) is 4.53. The molecule has 1 aromatic heterocycles. The Kier molecular flexibility index (Phi) is 8.74. The molecular formula is C28H31ClN2O6. The average Bonchev–Trinajstić information content (AvgIpc) is 3.51. The van der Waals surface area contributed by atoms with Gasteiger partial charge in [0.1, 0.15) is 17.2 Å². The van der Waals surface area contributed by atoms with Crippen molar-refractivity contribution in [3.05, 3.63) is 63.8 Å². The summed E-state index contributed by atoms with van der Waals surface area (Å²) in [7, 11) is 3.13. The van der Waals surface area contributed by atoms with E-state index < -0.39 is 5.97 Å². The molecule has 2 aromatic carbocycles. The molecule has 0 radical (unpaired) electrons. The zero-order chi connectivity index (χ0) is 26.4. The van der Waals surface area contributed by atoms with E-state index in [0.29, 0.717) is 35.2 Å². The first kappa shape index (κ1) is 26.6. The first-order valence-electron chi connectivity index (χ1n) is 12.2. The minimum atomic E-state index is -1.03. The number of benzene rings is 2. The topological polar surface area (TPSA) is 92.0 Å². The maximum atomic E-state index is 12.4. The van der Waals surface area contributed by atoms with Crippen LogP contribution in [0.2, 0.25) is 5.02 Å². The molecule has 0 saturated carbocycles. The molecule has 0 atom stereocenters. The number of aliphatic carboxylic acids is 1. The number of rotatable bonds is 12. The fourth-order valence-electron chi connectivity index (χ4n) is 4.37. The Hall–Kier alpha value is -3.49. The molecule has 0 aliphatic carbocycles. The number of hydrogen-bond acceptors (Lipinski definition) is 6. The maximum absolute atomic E-state index is 12.4. The van der Waals surface area contributed by atoms with Crippen LogP contribution in [0.1, 0.15) is 36.5 Å². The summed E-state index contributed by atoms with van der Waals surface area (Å²) >= 11 is 6.25. The molecule has 3 aromatic rings. The van der Waals surface area contributed by atoms with E-state index in [4.69, 9.17) is 30.5 Å². The predicted octanol–water partition coefficient (Wildman–Crippen LogP) is 5.64. The van der Waals surface area contributed by atoms with E-state index >= 15 is 0 Å². The summed E-state index contributed by atoms with van der Waals surface area (Å²) in [6, 6.07) is 9.14. The van der Waals surface area contributed by atoms with Gasteiger partial charge < -0.3 is 24.1 Å². The van der Waals surface area contributed by atoms with E-state index in [1.54, 1.807) is 38.6 Å². The highest BCUT2D eigenvalue weighted by molar-refractivity contribution is 6.30. The number of unbranched alkanes of at least 4 members (excludes halogenated alkanes) is 1. The molecule has 1 N–H and O–H groups in total. The molecule has 2 heterocycles. The number of carboxylic acid groups (broad SMARTS) is 1. The van der Waals surface area contributed by atoms with Crippen LogP contribution in [0.25, 0.3) is 17.3 Å². The predicted molar refractivity (Wildman–Crippen MR) is 142 cm³/mol. The van der Waals surface area contributed by atoms with Crippen LogP contribution in [-0.4, -0.2) is 48.5 Å². The Morgan fingerprint density at radius 1 is 1.24 bits per heavy atom. The van der Waals surface area contributed by atoms with Crippen LogP contribution < -0.4 is 14.2 Å². The summed E-state index contributed by atoms with van der Waals surface area (Å²) in [6.45, 7) is 3.43. The van der Waals surface area contributed by atoms with Crippen LogP contribution in [0.4, 0.5) is 0 Å². The number of aryl methyl sites for hydroxylation is 1. The highest BCUT2D eigenvalue weighted by Gasteiger charge is 2.22. The third-order valence-corrected chi connectivity index (χ3v) is 6.44. The number of methoxy groups -OCH3 is 2. The van der Waals surface area contributed by atoms with Crippen molar-refractivity contribution >= 4 is 23.6 Å². The first-order valence-corrected chi connectivity index (χ1v) is 12.6. The van der Waals surface area contributed by atoms with Gasteiger partial charge in [0.15, 0.2) is 6.79 Å². The lowest BCUT2D eigenvalue weighted by atomic mass is 9.98. The Labute approximate surface area is 221 Å². The van der Waals surface area contributed by atoms with E-state index in [0.717, 1.165) is 47.4 Å². The lowest BCUT2D eigenvalue weighted by molar-refractivity contribution is -0.132. The van der Waals surface area contributed by atoms with Gasteiger partial charge in [-0.25, -0.2) is 4.79 Å². The van der Waals surface area contributed by atoms with Crippen molar-refractivity contribution in [3.63, 3.8) is 0 Å². The van der Waals surface area contributed by atoms with Gasteiger partial charge in [-0.1, -0.05) is 24.9 Å². The zero-order valence-corrected chi connectivity index (χ0v) is 22.0. The molecule has 37 heavy (non-hydrogen) atoms. The van der Waals surface area contributed by atoms with Gasteiger partial charge >= 0.3 is 5.97 Å². The summed E-state index contributed by atoms with van der Waals surface area (Å²) in [5, 5.41) is 15.2. The number of hydrogen-bond donors (Lipinski definition) is 1. The van der Waals surface area contributed by atoms with E-state index in [9.17, 15) is 9.90 Å². The van der Waals surface area contributed by atoms with Gasteiger partial charge in [0.05, 0.1) is 25.6 Å². The highest BCUT2D eigenvalue weighted by Crippen LogP contribution is 2.37. The van der Waals surface area contributed by atoms with E-state index in [1.807, 2.05) is 22.9 Å². The molecule has 1 aliphatic rings. The number of nitrogens with zero attached hydrogens (tertiary/aromatic N) is 2. The van der Waals surface area contributed by atoms with Crippen molar-refractivity contribution in [1.29, 1.82) is 0 Å². The molecule has 8 nitrogen and oxygen atoms in total. The molecule has 0 amide bonds. The number of carboxylic acids is 1. The smallest absolute Gasteiger partial charge is 0.331 e. The average molecular weight is 527 g/mol. The number of halogens is 1. The molecule has 196 valence electrons. The molecule has 0 unspecified atom stereocenters. The SMILES string of the molecule is CCCCn1ncc(/C=C(\Cc2cc3c(cc2OC)CCO3)C(=O)O)c1-c1ccc(Cl)cc1OCOC. The van der Waals surface area contributed by atoms with Gasteiger partial charge in [0, 0.05) is 59.3 Å². The summed E-state index contributed by atoms with van der Waals surface area (Å²) in [6.07, 6.45) is 6.21. The monoisotopic (exact) mass is 526 g/mol. The molecule has 9 heteroatoms. The van der Waals surface area contributed by atoms with E-state index in [2.05, 4.69) is 12.0 Å². The Bertz CT molecular complexity index is 1300.